The molecule has 1 amide bonds. The van der Waals surface area contributed by atoms with Crippen LogP contribution in [0.4, 0.5) is 10.1 Å². The summed E-state index contributed by atoms with van der Waals surface area (Å²) in [7, 11) is 0. The van der Waals surface area contributed by atoms with Gasteiger partial charge in [0.15, 0.2) is 0 Å². The molecule has 0 aliphatic rings. The lowest BCUT2D eigenvalue weighted by atomic mass is 10.1. The van der Waals surface area contributed by atoms with E-state index in [4.69, 9.17) is 0 Å². The van der Waals surface area contributed by atoms with Gasteiger partial charge in [-0.15, -0.1) is 11.8 Å². The molecule has 3 aromatic carbocycles. The monoisotopic (exact) mass is 351 g/mol. The largest absolute Gasteiger partial charge is 0.325 e. The van der Waals surface area contributed by atoms with E-state index in [1.165, 1.54) is 23.9 Å². The Morgan fingerprint density at radius 1 is 0.880 bits per heavy atom. The summed E-state index contributed by atoms with van der Waals surface area (Å²) in [5.74, 6) is 0.629. The van der Waals surface area contributed by atoms with Gasteiger partial charge >= 0.3 is 0 Å². The van der Waals surface area contributed by atoms with E-state index in [9.17, 15) is 9.18 Å². The quantitative estimate of drug-likeness (QED) is 0.647. The summed E-state index contributed by atoms with van der Waals surface area (Å²) in [6, 6.07) is 24.3. The number of amides is 1. The standard InChI is InChI=1S/C21H18FNOS/c22-19-8-4-5-16(13-19)14-25-15-21(24)23-20-11-9-18(10-12-20)17-6-2-1-3-7-17/h1-13H,14-15H2,(H,23,24). The van der Waals surface area contributed by atoms with Crippen LogP contribution in [0.25, 0.3) is 11.1 Å². The average molecular weight is 351 g/mol. The summed E-state index contributed by atoms with van der Waals surface area (Å²) in [4.78, 5) is 12.0. The average Bonchev–Trinajstić information content (AvgIpc) is 2.63. The van der Waals surface area contributed by atoms with Gasteiger partial charge in [0.05, 0.1) is 5.75 Å². The van der Waals surface area contributed by atoms with Crippen LogP contribution in [0.2, 0.25) is 0 Å². The van der Waals surface area contributed by atoms with Crippen LogP contribution in [0.3, 0.4) is 0 Å². The normalized spacial score (nSPS) is 10.4. The van der Waals surface area contributed by atoms with Crippen LogP contribution in [0.5, 0.6) is 0 Å². The number of hydrogen-bond donors (Lipinski definition) is 1. The van der Waals surface area contributed by atoms with Gasteiger partial charge in [0.1, 0.15) is 5.82 Å². The minimum atomic E-state index is -0.249. The molecule has 0 fully saturated rings. The second-order valence-corrected chi connectivity index (χ2v) is 6.60. The number of hydrogen-bond acceptors (Lipinski definition) is 2. The van der Waals surface area contributed by atoms with Crippen molar-refractivity contribution >= 4 is 23.4 Å². The Labute approximate surface area is 151 Å². The summed E-state index contributed by atoms with van der Waals surface area (Å²) in [5, 5.41) is 2.88. The number of thioether (sulfide) groups is 1. The fraction of sp³-hybridized carbons (Fsp3) is 0.0952. The summed E-state index contributed by atoms with van der Waals surface area (Å²) >= 11 is 1.46. The fourth-order valence-electron chi connectivity index (χ4n) is 2.46. The molecule has 3 aromatic rings. The Kier molecular flexibility index (Phi) is 5.86. The minimum absolute atomic E-state index is 0.0612. The van der Waals surface area contributed by atoms with Crippen molar-refractivity contribution in [1.82, 2.24) is 0 Å². The van der Waals surface area contributed by atoms with Crippen molar-refractivity contribution in [2.45, 2.75) is 5.75 Å². The van der Waals surface area contributed by atoms with Gasteiger partial charge in [0, 0.05) is 11.4 Å². The number of nitrogens with one attached hydrogen (secondary N) is 1. The van der Waals surface area contributed by atoms with Crippen LogP contribution in [0.15, 0.2) is 78.9 Å². The number of rotatable bonds is 6. The Morgan fingerprint density at radius 3 is 2.32 bits per heavy atom. The van der Waals surface area contributed by atoms with Crippen LogP contribution < -0.4 is 5.32 Å². The Hall–Kier alpha value is -2.59. The topological polar surface area (TPSA) is 29.1 Å². The molecule has 0 unspecified atom stereocenters. The molecule has 0 saturated heterocycles. The Bertz CT molecular complexity index is 834. The molecule has 0 aromatic heterocycles. The molecule has 3 rings (SSSR count). The number of carbonyl (C=O) groups excluding carboxylic acids is 1. The fourth-order valence-corrected chi connectivity index (χ4v) is 3.24. The number of carbonyl (C=O) groups is 1. The molecule has 25 heavy (non-hydrogen) atoms. The second kappa shape index (κ2) is 8.49. The van der Waals surface area contributed by atoms with Crippen molar-refractivity contribution in [3.8, 4) is 11.1 Å². The summed E-state index contributed by atoms with van der Waals surface area (Å²) in [6.07, 6.45) is 0. The van der Waals surface area contributed by atoms with Crippen molar-refractivity contribution in [2.24, 2.45) is 0 Å². The summed E-state index contributed by atoms with van der Waals surface area (Å²) in [5.41, 5.74) is 3.91. The van der Waals surface area contributed by atoms with Gasteiger partial charge in [0.2, 0.25) is 5.91 Å². The van der Waals surface area contributed by atoms with Crippen LogP contribution in [0, 0.1) is 5.82 Å². The zero-order valence-corrected chi connectivity index (χ0v) is 14.4. The summed E-state index contributed by atoms with van der Waals surface area (Å²) in [6.45, 7) is 0. The number of benzene rings is 3. The molecule has 0 spiro atoms. The third-order valence-electron chi connectivity index (χ3n) is 3.67. The predicted molar refractivity (Wildman–Crippen MR) is 103 cm³/mol. The lowest BCUT2D eigenvalue weighted by Crippen LogP contribution is -2.14. The van der Waals surface area contributed by atoms with Gasteiger partial charge in [-0.25, -0.2) is 4.39 Å². The Balaban J connectivity index is 1.49. The highest BCUT2D eigenvalue weighted by Gasteiger charge is 2.04. The molecular formula is C21H18FNOS. The van der Waals surface area contributed by atoms with Gasteiger partial charge in [-0.05, 0) is 41.0 Å². The molecule has 0 aliphatic carbocycles. The molecule has 1 N–H and O–H groups in total. The first kappa shape index (κ1) is 17.2. The Morgan fingerprint density at radius 2 is 1.60 bits per heavy atom. The highest BCUT2D eigenvalue weighted by Crippen LogP contribution is 2.21. The highest BCUT2D eigenvalue weighted by atomic mass is 32.2. The molecule has 0 atom stereocenters. The molecule has 126 valence electrons. The number of halogens is 1. The maximum Gasteiger partial charge on any atom is 0.234 e. The molecular weight excluding hydrogens is 333 g/mol. The first-order valence-electron chi connectivity index (χ1n) is 7.98. The van der Waals surface area contributed by atoms with E-state index in [2.05, 4.69) is 17.4 Å². The molecule has 0 bridgehead atoms. The van der Waals surface area contributed by atoms with Gasteiger partial charge in [-0.1, -0.05) is 54.6 Å². The summed E-state index contributed by atoms with van der Waals surface area (Å²) < 4.78 is 13.1. The molecule has 0 radical (unpaired) electrons. The predicted octanol–water partition coefficient (Wildman–Crippen LogP) is 5.36. The second-order valence-electron chi connectivity index (χ2n) is 5.61. The van der Waals surface area contributed by atoms with E-state index in [1.54, 1.807) is 6.07 Å². The first-order valence-corrected chi connectivity index (χ1v) is 9.14. The van der Waals surface area contributed by atoms with E-state index in [0.29, 0.717) is 11.5 Å². The van der Waals surface area contributed by atoms with E-state index < -0.39 is 0 Å². The van der Waals surface area contributed by atoms with Crippen LogP contribution >= 0.6 is 11.8 Å². The van der Waals surface area contributed by atoms with Crippen molar-refractivity contribution in [3.05, 3.63) is 90.2 Å². The van der Waals surface area contributed by atoms with Crippen LogP contribution in [-0.2, 0) is 10.5 Å². The van der Waals surface area contributed by atoms with Gasteiger partial charge < -0.3 is 5.32 Å². The lowest BCUT2D eigenvalue weighted by Gasteiger charge is -2.07. The number of anilines is 1. The molecule has 4 heteroatoms. The van der Waals surface area contributed by atoms with Gasteiger partial charge in [-0.2, -0.15) is 0 Å². The highest BCUT2D eigenvalue weighted by molar-refractivity contribution is 7.99. The third kappa shape index (κ3) is 5.19. The minimum Gasteiger partial charge on any atom is -0.325 e. The van der Waals surface area contributed by atoms with Crippen molar-refractivity contribution in [2.75, 3.05) is 11.1 Å². The van der Waals surface area contributed by atoms with Gasteiger partial charge in [0.25, 0.3) is 0 Å². The zero-order chi connectivity index (χ0) is 17.5. The van der Waals surface area contributed by atoms with E-state index in [1.807, 2.05) is 48.5 Å². The van der Waals surface area contributed by atoms with Crippen molar-refractivity contribution in [1.29, 1.82) is 0 Å². The van der Waals surface area contributed by atoms with Crippen molar-refractivity contribution in [3.63, 3.8) is 0 Å². The van der Waals surface area contributed by atoms with Crippen LogP contribution in [0.1, 0.15) is 5.56 Å². The van der Waals surface area contributed by atoms with E-state index >= 15 is 0 Å². The van der Waals surface area contributed by atoms with E-state index in [-0.39, 0.29) is 11.7 Å². The lowest BCUT2D eigenvalue weighted by molar-refractivity contribution is -0.113. The maximum atomic E-state index is 13.1. The van der Waals surface area contributed by atoms with Gasteiger partial charge in [-0.3, -0.25) is 4.79 Å². The zero-order valence-electron chi connectivity index (χ0n) is 13.6. The molecule has 2 nitrogen and oxygen atoms in total. The SMILES string of the molecule is O=C(CSCc1cccc(F)c1)Nc1ccc(-c2ccccc2)cc1. The van der Waals surface area contributed by atoms with Crippen LogP contribution in [-0.4, -0.2) is 11.7 Å². The molecule has 0 heterocycles. The smallest absolute Gasteiger partial charge is 0.234 e. The first-order chi connectivity index (χ1) is 12.2. The molecule has 0 aliphatic heterocycles. The van der Waals surface area contributed by atoms with Crippen molar-refractivity contribution < 1.29 is 9.18 Å². The third-order valence-corrected chi connectivity index (χ3v) is 4.67. The van der Waals surface area contributed by atoms with E-state index in [0.717, 1.165) is 22.4 Å². The molecule has 0 saturated carbocycles. The maximum absolute atomic E-state index is 13.1.